The van der Waals surface area contributed by atoms with Gasteiger partial charge in [0.1, 0.15) is 0 Å². The summed E-state index contributed by atoms with van der Waals surface area (Å²) >= 11 is 3.95. The average molecular weight is 375 g/mol. The lowest BCUT2D eigenvalue weighted by Gasteiger charge is -2.32. The van der Waals surface area contributed by atoms with E-state index >= 15 is 0 Å². The summed E-state index contributed by atoms with van der Waals surface area (Å²) in [6.07, 6.45) is 11.7. The Balaban J connectivity index is 1.92. The van der Waals surface area contributed by atoms with Crippen molar-refractivity contribution < 1.29 is 9.98 Å². The van der Waals surface area contributed by atoms with Crippen LogP contribution in [-0.4, -0.2) is 47.8 Å². The van der Waals surface area contributed by atoms with Crippen LogP contribution < -0.4 is 21.5 Å². The number of hydrogen-bond acceptors (Lipinski definition) is 2. The first-order valence-corrected chi connectivity index (χ1v) is 11.9. The maximum absolute atomic E-state index is 6.06. The lowest BCUT2D eigenvalue weighted by atomic mass is 9.87. The Morgan fingerprint density at radius 1 is 0.917 bits per heavy atom. The van der Waals surface area contributed by atoms with Gasteiger partial charge in [-0.05, 0) is 37.9 Å². The molecule has 0 bridgehead atoms. The Bertz CT molecular complexity index is 385. The molecule has 0 aromatic heterocycles. The van der Waals surface area contributed by atoms with Crippen LogP contribution in [0.4, 0.5) is 0 Å². The minimum absolute atomic E-state index is 0.896. The van der Waals surface area contributed by atoms with Gasteiger partial charge < -0.3 is 0 Å². The molecular formula is C18H38N4S2+2. The predicted molar refractivity (Wildman–Crippen MR) is 111 cm³/mol. The number of thioether (sulfide) groups is 2. The molecule has 0 aromatic carbocycles. The fourth-order valence-electron chi connectivity index (χ4n) is 2.78. The monoisotopic (exact) mass is 374 g/mol. The van der Waals surface area contributed by atoms with E-state index < -0.39 is 0 Å². The van der Waals surface area contributed by atoms with Crippen LogP contribution in [0.1, 0.15) is 58.3 Å². The fraction of sp³-hybridized carbons (Fsp3) is 0.889. The van der Waals surface area contributed by atoms with Crippen LogP contribution in [0.15, 0.2) is 0 Å². The first-order chi connectivity index (χ1) is 11.6. The minimum Gasteiger partial charge on any atom is -0.291 e. The smallest absolute Gasteiger partial charge is 0.240 e. The molecule has 0 radical (unpaired) electrons. The van der Waals surface area contributed by atoms with Crippen molar-refractivity contribution >= 4 is 35.2 Å². The molecule has 1 aliphatic carbocycles. The zero-order chi connectivity index (χ0) is 17.6. The minimum atomic E-state index is 0.896. The number of nitrogens with one attached hydrogen (secondary N) is 2. The summed E-state index contributed by atoms with van der Waals surface area (Å²) in [5, 5.41) is 0.896. The number of rotatable bonds is 14. The van der Waals surface area contributed by atoms with Crippen LogP contribution in [0, 0.1) is 5.92 Å². The summed E-state index contributed by atoms with van der Waals surface area (Å²) in [5.41, 5.74) is 12.0. The van der Waals surface area contributed by atoms with E-state index in [9.17, 15) is 0 Å². The molecule has 2 unspecified atom stereocenters. The maximum atomic E-state index is 6.06. The van der Waals surface area contributed by atoms with Gasteiger partial charge in [-0.1, -0.05) is 19.8 Å². The summed E-state index contributed by atoms with van der Waals surface area (Å²) in [6, 6.07) is 0. The molecule has 4 nitrogen and oxygen atoms in total. The summed E-state index contributed by atoms with van der Waals surface area (Å²) < 4.78 is 0. The highest BCUT2D eigenvalue weighted by Crippen LogP contribution is 2.36. The molecule has 1 fully saturated rings. The Labute approximate surface area is 157 Å². The van der Waals surface area contributed by atoms with Gasteiger partial charge in [0.15, 0.2) is 0 Å². The molecule has 2 atom stereocenters. The molecule has 0 spiro atoms. The van der Waals surface area contributed by atoms with Crippen LogP contribution in [-0.2, 0) is 0 Å². The molecule has 1 rings (SSSR count). The molecule has 140 valence electrons. The highest BCUT2D eigenvalue weighted by Gasteiger charge is 2.26. The Morgan fingerprint density at radius 3 is 1.96 bits per heavy atom. The van der Waals surface area contributed by atoms with Crippen molar-refractivity contribution in [3.63, 3.8) is 0 Å². The van der Waals surface area contributed by atoms with E-state index in [0.29, 0.717) is 0 Å². The molecule has 6 N–H and O–H groups in total. The standard InChI is InChI=1S/C18H36N4S2/c1-15-9-10-16(15)24-14-12-22-18(20)8-6-4-3-5-7-17(19)21-11-13-23-2/h15-16H,3-14H2,1-2H3,(H2,19,21)(H2,20,22)/p+2. The van der Waals surface area contributed by atoms with Crippen molar-refractivity contribution in [2.75, 3.05) is 30.9 Å². The quantitative estimate of drug-likeness (QED) is 0.197. The summed E-state index contributed by atoms with van der Waals surface area (Å²) in [6.45, 7) is 4.34. The molecule has 0 aliphatic heterocycles. The lowest BCUT2D eigenvalue weighted by molar-refractivity contribution is -0.453. The highest BCUT2D eigenvalue weighted by atomic mass is 32.2. The number of amidine groups is 2. The van der Waals surface area contributed by atoms with Crippen molar-refractivity contribution in [2.45, 2.75) is 63.5 Å². The lowest BCUT2D eigenvalue weighted by Crippen LogP contribution is -2.76. The maximum Gasteiger partial charge on any atom is 0.240 e. The van der Waals surface area contributed by atoms with E-state index in [1.54, 1.807) is 0 Å². The third-order valence-electron chi connectivity index (χ3n) is 4.63. The third kappa shape index (κ3) is 10.5. The highest BCUT2D eigenvalue weighted by molar-refractivity contribution is 8.00. The molecular weight excluding hydrogens is 336 g/mol. The van der Waals surface area contributed by atoms with Crippen LogP contribution in [0.25, 0.3) is 0 Å². The van der Waals surface area contributed by atoms with E-state index in [1.807, 2.05) is 11.8 Å². The van der Waals surface area contributed by atoms with Gasteiger partial charge in [0.25, 0.3) is 0 Å². The van der Waals surface area contributed by atoms with Crippen LogP contribution >= 0.6 is 23.5 Å². The third-order valence-corrected chi connectivity index (χ3v) is 6.81. The topological polar surface area (TPSA) is 80.0 Å². The zero-order valence-electron chi connectivity index (χ0n) is 15.6. The van der Waals surface area contributed by atoms with E-state index in [-0.39, 0.29) is 0 Å². The summed E-state index contributed by atoms with van der Waals surface area (Å²) in [5.74, 6) is 5.11. The summed E-state index contributed by atoms with van der Waals surface area (Å²) in [7, 11) is 0. The number of unbranched alkanes of at least 4 members (excludes halogenated alkanes) is 3. The first kappa shape index (κ1) is 21.7. The van der Waals surface area contributed by atoms with Gasteiger partial charge in [-0.3, -0.25) is 21.5 Å². The van der Waals surface area contributed by atoms with Gasteiger partial charge in [0.2, 0.25) is 11.7 Å². The Morgan fingerprint density at radius 2 is 1.50 bits per heavy atom. The number of nitrogens with two attached hydrogens (primary N) is 2. The molecule has 1 saturated carbocycles. The fourth-order valence-corrected chi connectivity index (χ4v) is 4.38. The van der Waals surface area contributed by atoms with Gasteiger partial charge in [-0.25, -0.2) is 0 Å². The second-order valence-corrected chi connectivity index (χ2v) is 9.11. The molecule has 6 heteroatoms. The van der Waals surface area contributed by atoms with Crippen LogP contribution in [0.2, 0.25) is 0 Å². The van der Waals surface area contributed by atoms with Crippen LogP contribution in [0.5, 0.6) is 0 Å². The van der Waals surface area contributed by atoms with Gasteiger partial charge in [0.05, 0.1) is 13.1 Å². The van der Waals surface area contributed by atoms with Gasteiger partial charge >= 0.3 is 0 Å². The van der Waals surface area contributed by atoms with Crippen LogP contribution in [0.3, 0.4) is 0 Å². The van der Waals surface area contributed by atoms with Gasteiger partial charge in [-0.15, -0.1) is 0 Å². The number of hydrogen-bond donors (Lipinski definition) is 4. The van der Waals surface area contributed by atoms with Crippen molar-refractivity contribution in [1.82, 2.24) is 0 Å². The second kappa shape index (κ2) is 13.9. The Hall–Kier alpha value is -0.360. The summed E-state index contributed by atoms with van der Waals surface area (Å²) in [4.78, 5) is 6.65. The van der Waals surface area contributed by atoms with E-state index in [1.165, 1.54) is 44.3 Å². The van der Waals surface area contributed by atoms with E-state index in [4.69, 9.17) is 11.5 Å². The van der Waals surface area contributed by atoms with Gasteiger partial charge in [0, 0.05) is 29.6 Å². The molecule has 0 aromatic rings. The molecule has 0 heterocycles. The predicted octanol–water partition coefficient (Wildman–Crippen LogP) is 0.0973. The first-order valence-electron chi connectivity index (χ1n) is 9.44. The normalized spacial score (nSPS) is 21.8. The molecule has 1 aliphatic rings. The van der Waals surface area contributed by atoms with Crippen molar-refractivity contribution in [2.24, 2.45) is 17.4 Å². The average Bonchev–Trinajstić information content (AvgIpc) is 2.56. The molecule has 0 amide bonds. The van der Waals surface area contributed by atoms with E-state index in [2.05, 4.69) is 34.9 Å². The van der Waals surface area contributed by atoms with Crippen molar-refractivity contribution in [3.8, 4) is 0 Å². The van der Waals surface area contributed by atoms with Crippen molar-refractivity contribution in [3.05, 3.63) is 0 Å². The molecule has 0 saturated heterocycles. The Kier molecular flexibility index (Phi) is 12.5. The molecule has 24 heavy (non-hydrogen) atoms. The largest absolute Gasteiger partial charge is 0.291 e. The van der Waals surface area contributed by atoms with E-state index in [0.717, 1.165) is 54.5 Å². The second-order valence-electron chi connectivity index (χ2n) is 6.77. The van der Waals surface area contributed by atoms with Gasteiger partial charge in [-0.2, -0.15) is 23.5 Å². The zero-order valence-corrected chi connectivity index (χ0v) is 17.2. The SMILES string of the molecule is CSCC[NH+]=C(N)CCCCCCC(N)=[NH+]CCSC1CCC1C. The van der Waals surface area contributed by atoms with Crippen molar-refractivity contribution in [1.29, 1.82) is 0 Å².